The average molecular weight is 254 g/mol. The maximum absolute atomic E-state index is 11.7. The highest BCUT2D eigenvalue weighted by Gasteiger charge is 2.46. The summed E-state index contributed by atoms with van der Waals surface area (Å²) in [5.41, 5.74) is 2.17. The van der Waals surface area contributed by atoms with Gasteiger partial charge < -0.3 is 4.90 Å². The molecule has 2 nitrogen and oxygen atoms in total. The van der Waals surface area contributed by atoms with Crippen LogP contribution in [0.15, 0.2) is 24.3 Å². The van der Waals surface area contributed by atoms with E-state index in [0.717, 1.165) is 12.2 Å². The molecule has 1 amide bonds. The number of halogens is 1. The van der Waals surface area contributed by atoms with Gasteiger partial charge >= 0.3 is 0 Å². The molecule has 0 aromatic heterocycles. The van der Waals surface area contributed by atoms with Gasteiger partial charge in [0.15, 0.2) is 0 Å². The van der Waals surface area contributed by atoms with Gasteiger partial charge in [-0.3, -0.25) is 4.79 Å². The molecule has 1 aliphatic heterocycles. The van der Waals surface area contributed by atoms with Crippen LogP contribution in [0.2, 0.25) is 0 Å². The lowest BCUT2D eigenvalue weighted by Gasteiger charge is -2.42. The fourth-order valence-corrected chi connectivity index (χ4v) is 2.10. The summed E-state index contributed by atoms with van der Waals surface area (Å²) in [6.45, 7) is 4.68. The molecule has 1 saturated heterocycles. The van der Waals surface area contributed by atoms with E-state index in [1.165, 1.54) is 5.56 Å². The molecule has 1 aromatic carbocycles. The van der Waals surface area contributed by atoms with Crippen LogP contribution in [0.3, 0.4) is 0 Å². The molecule has 1 aromatic rings. The average Bonchev–Trinajstić information content (AvgIpc) is 2.14. The molecule has 1 atom stereocenters. The van der Waals surface area contributed by atoms with Crippen molar-refractivity contribution in [2.24, 2.45) is 0 Å². The molecule has 0 N–H and O–H groups in total. The van der Waals surface area contributed by atoms with Crippen molar-refractivity contribution in [1.29, 1.82) is 0 Å². The summed E-state index contributed by atoms with van der Waals surface area (Å²) in [7, 11) is 0. The van der Waals surface area contributed by atoms with Crippen LogP contribution < -0.4 is 4.90 Å². The Hall–Kier alpha value is -0.830. The highest BCUT2D eigenvalue weighted by Crippen LogP contribution is 2.35. The molecule has 0 aliphatic carbocycles. The molecule has 74 valence electrons. The lowest BCUT2D eigenvalue weighted by atomic mass is 9.99. The Kier molecular flexibility index (Phi) is 2.14. The molecular weight excluding hydrogens is 242 g/mol. The van der Waals surface area contributed by atoms with E-state index in [1.807, 2.05) is 38.1 Å². The highest BCUT2D eigenvalue weighted by atomic mass is 79.9. The van der Waals surface area contributed by atoms with Crippen molar-refractivity contribution >= 4 is 27.5 Å². The van der Waals surface area contributed by atoms with Crippen molar-refractivity contribution in [3.05, 3.63) is 29.8 Å². The minimum absolute atomic E-state index is 0.142. The predicted octanol–water partition coefficient (Wildman–Crippen LogP) is 2.50. The van der Waals surface area contributed by atoms with Crippen molar-refractivity contribution in [2.45, 2.75) is 18.2 Å². The molecule has 1 fully saturated rings. The minimum atomic E-state index is -0.350. The van der Waals surface area contributed by atoms with Gasteiger partial charge in [-0.05, 0) is 31.5 Å². The van der Waals surface area contributed by atoms with Crippen LogP contribution in [0.1, 0.15) is 12.5 Å². The van der Waals surface area contributed by atoms with Gasteiger partial charge in [0.1, 0.15) is 4.32 Å². The summed E-state index contributed by atoms with van der Waals surface area (Å²) in [6.07, 6.45) is 0. The lowest BCUT2D eigenvalue weighted by molar-refractivity contribution is -0.124. The Morgan fingerprint density at radius 2 is 2.21 bits per heavy atom. The normalized spacial score (nSPS) is 26.2. The summed E-state index contributed by atoms with van der Waals surface area (Å²) in [6, 6.07) is 8.00. The maximum atomic E-state index is 11.7. The first-order valence-corrected chi connectivity index (χ1v) is 5.37. The molecule has 1 heterocycles. The number of carbonyl (C=O) groups excluding carboxylic acids is 1. The fraction of sp³-hybridized carbons (Fsp3) is 0.364. The Balaban J connectivity index is 2.24. The summed E-state index contributed by atoms with van der Waals surface area (Å²) in [4.78, 5) is 13.5. The number of rotatable bonds is 1. The largest absolute Gasteiger partial charge is 0.309 e. The van der Waals surface area contributed by atoms with E-state index >= 15 is 0 Å². The topological polar surface area (TPSA) is 20.3 Å². The first kappa shape index (κ1) is 9.71. The lowest BCUT2D eigenvalue weighted by Crippen LogP contribution is -2.61. The van der Waals surface area contributed by atoms with Crippen LogP contribution in [-0.4, -0.2) is 16.8 Å². The van der Waals surface area contributed by atoms with Gasteiger partial charge in [0.2, 0.25) is 5.91 Å². The summed E-state index contributed by atoms with van der Waals surface area (Å²) < 4.78 is -0.350. The molecule has 3 heteroatoms. The van der Waals surface area contributed by atoms with E-state index in [0.29, 0.717) is 0 Å². The van der Waals surface area contributed by atoms with Crippen molar-refractivity contribution in [3.63, 3.8) is 0 Å². The SMILES string of the molecule is Cc1cccc(N2CC(C)(Br)C2=O)c1. The molecule has 0 spiro atoms. The van der Waals surface area contributed by atoms with E-state index in [1.54, 1.807) is 4.90 Å². The summed E-state index contributed by atoms with van der Waals surface area (Å²) >= 11 is 3.39. The third kappa shape index (κ3) is 1.46. The highest BCUT2D eigenvalue weighted by molar-refractivity contribution is 9.10. The molecule has 14 heavy (non-hydrogen) atoms. The molecule has 0 radical (unpaired) electrons. The van der Waals surface area contributed by atoms with Crippen LogP contribution in [0.4, 0.5) is 5.69 Å². The quantitative estimate of drug-likeness (QED) is 0.557. The van der Waals surface area contributed by atoms with E-state index in [4.69, 9.17) is 0 Å². The van der Waals surface area contributed by atoms with Crippen LogP contribution in [-0.2, 0) is 4.79 Å². The second-order valence-corrected chi connectivity index (χ2v) is 5.68. The Bertz CT molecular complexity index is 387. The zero-order valence-corrected chi connectivity index (χ0v) is 9.84. The maximum Gasteiger partial charge on any atom is 0.245 e. The number of carbonyl (C=O) groups is 1. The molecule has 2 rings (SSSR count). The van der Waals surface area contributed by atoms with Crippen LogP contribution in [0, 0.1) is 6.92 Å². The van der Waals surface area contributed by atoms with Gasteiger partial charge in [0.05, 0.1) is 0 Å². The van der Waals surface area contributed by atoms with Gasteiger partial charge in [-0.2, -0.15) is 0 Å². The van der Waals surface area contributed by atoms with E-state index in [-0.39, 0.29) is 10.2 Å². The number of amides is 1. The molecule has 0 saturated carbocycles. The van der Waals surface area contributed by atoms with Crippen molar-refractivity contribution < 1.29 is 4.79 Å². The third-order valence-electron chi connectivity index (χ3n) is 2.46. The molecular formula is C11H12BrNO. The number of aryl methyl sites for hydroxylation is 1. The van der Waals surface area contributed by atoms with Crippen molar-refractivity contribution in [3.8, 4) is 0 Å². The van der Waals surface area contributed by atoms with Gasteiger partial charge in [-0.15, -0.1) is 0 Å². The van der Waals surface area contributed by atoms with Gasteiger partial charge in [-0.1, -0.05) is 28.1 Å². The number of nitrogens with zero attached hydrogens (tertiary/aromatic N) is 1. The third-order valence-corrected chi connectivity index (χ3v) is 3.05. The smallest absolute Gasteiger partial charge is 0.245 e. The van der Waals surface area contributed by atoms with Gasteiger partial charge in [0, 0.05) is 12.2 Å². The number of hydrogen-bond donors (Lipinski definition) is 0. The molecule has 1 aliphatic rings. The van der Waals surface area contributed by atoms with E-state index < -0.39 is 0 Å². The second-order valence-electron chi connectivity index (χ2n) is 3.93. The Morgan fingerprint density at radius 1 is 1.50 bits per heavy atom. The number of alkyl halides is 1. The number of β-lactam (4-membered cyclic amide) rings is 1. The number of benzene rings is 1. The van der Waals surface area contributed by atoms with E-state index in [2.05, 4.69) is 15.9 Å². The van der Waals surface area contributed by atoms with Crippen LogP contribution in [0.5, 0.6) is 0 Å². The fourth-order valence-electron chi connectivity index (χ4n) is 1.63. The predicted molar refractivity (Wildman–Crippen MR) is 60.9 cm³/mol. The molecule has 0 bridgehead atoms. The number of hydrogen-bond acceptors (Lipinski definition) is 1. The Labute approximate surface area is 92.0 Å². The summed E-state index contributed by atoms with van der Waals surface area (Å²) in [5.74, 6) is 0.142. The Morgan fingerprint density at radius 3 is 2.71 bits per heavy atom. The van der Waals surface area contributed by atoms with Gasteiger partial charge in [0.25, 0.3) is 0 Å². The van der Waals surface area contributed by atoms with Gasteiger partial charge in [-0.25, -0.2) is 0 Å². The number of anilines is 1. The van der Waals surface area contributed by atoms with Crippen LogP contribution >= 0.6 is 15.9 Å². The van der Waals surface area contributed by atoms with Crippen molar-refractivity contribution in [1.82, 2.24) is 0 Å². The van der Waals surface area contributed by atoms with E-state index in [9.17, 15) is 4.79 Å². The zero-order chi connectivity index (χ0) is 10.3. The molecule has 1 unspecified atom stereocenters. The van der Waals surface area contributed by atoms with Crippen LogP contribution in [0.25, 0.3) is 0 Å². The minimum Gasteiger partial charge on any atom is -0.309 e. The summed E-state index contributed by atoms with van der Waals surface area (Å²) in [5, 5.41) is 0. The first-order valence-electron chi connectivity index (χ1n) is 4.58. The monoisotopic (exact) mass is 253 g/mol. The zero-order valence-electron chi connectivity index (χ0n) is 8.25. The standard InChI is InChI=1S/C11H12BrNO/c1-8-4-3-5-9(6-8)13-7-11(2,12)10(13)14/h3-6H,7H2,1-2H3. The van der Waals surface area contributed by atoms with Crippen molar-refractivity contribution in [2.75, 3.05) is 11.4 Å². The second kappa shape index (κ2) is 3.09. The first-order chi connectivity index (χ1) is 6.50.